The van der Waals surface area contributed by atoms with Gasteiger partial charge in [0, 0.05) is 13.1 Å². The Hall–Kier alpha value is -2.33. The molecule has 0 aromatic heterocycles. The molecule has 0 bridgehead atoms. The minimum Gasteiger partial charge on any atom is -0.484 e. The number of aryl methyl sites for hydroxylation is 1. The fourth-order valence-corrected chi connectivity index (χ4v) is 3.68. The summed E-state index contributed by atoms with van der Waals surface area (Å²) in [6.45, 7) is 8.63. The van der Waals surface area contributed by atoms with Gasteiger partial charge in [-0.05, 0) is 54.5 Å². The molecule has 0 saturated carbocycles. The maximum absolute atomic E-state index is 12.5. The van der Waals surface area contributed by atoms with Crippen LogP contribution in [0.4, 0.5) is 0 Å². The first-order valence-electron chi connectivity index (χ1n) is 10.2. The summed E-state index contributed by atoms with van der Waals surface area (Å²) in [5.74, 6) is 1.30. The highest BCUT2D eigenvalue weighted by Gasteiger charge is 2.23. The van der Waals surface area contributed by atoms with Gasteiger partial charge < -0.3 is 14.4 Å². The van der Waals surface area contributed by atoms with E-state index in [1.807, 2.05) is 35.2 Å². The average Bonchev–Trinajstić information content (AvgIpc) is 2.71. The van der Waals surface area contributed by atoms with Gasteiger partial charge in [-0.25, -0.2) is 0 Å². The first-order chi connectivity index (χ1) is 13.5. The lowest BCUT2D eigenvalue weighted by molar-refractivity contribution is -0.136. The van der Waals surface area contributed by atoms with Crippen LogP contribution < -0.4 is 4.74 Å². The molecule has 1 saturated heterocycles. The van der Waals surface area contributed by atoms with E-state index >= 15 is 0 Å². The Kier molecular flexibility index (Phi) is 7.10. The van der Waals surface area contributed by atoms with Crippen LogP contribution in [0.5, 0.6) is 5.75 Å². The predicted octanol–water partition coefficient (Wildman–Crippen LogP) is 4.71. The van der Waals surface area contributed by atoms with E-state index in [1.165, 1.54) is 16.7 Å². The van der Waals surface area contributed by atoms with Crippen molar-refractivity contribution in [3.63, 3.8) is 0 Å². The number of hydrogen-bond acceptors (Lipinski definition) is 3. The maximum Gasteiger partial charge on any atom is 0.260 e. The van der Waals surface area contributed by atoms with E-state index in [9.17, 15) is 4.79 Å². The molecule has 3 rings (SSSR count). The molecule has 28 heavy (non-hydrogen) atoms. The van der Waals surface area contributed by atoms with Crippen LogP contribution in [-0.4, -0.2) is 36.6 Å². The first kappa shape index (κ1) is 20.4. The van der Waals surface area contributed by atoms with Crippen molar-refractivity contribution < 1.29 is 14.3 Å². The van der Waals surface area contributed by atoms with E-state index < -0.39 is 0 Å². The van der Waals surface area contributed by atoms with Crippen LogP contribution in [0.1, 0.15) is 49.3 Å². The first-order valence-corrected chi connectivity index (χ1v) is 10.2. The van der Waals surface area contributed by atoms with Gasteiger partial charge in [0.15, 0.2) is 6.61 Å². The third kappa shape index (κ3) is 5.59. The summed E-state index contributed by atoms with van der Waals surface area (Å²) in [5.41, 5.74) is 3.71. The molecule has 2 aromatic rings. The van der Waals surface area contributed by atoms with Crippen molar-refractivity contribution >= 4 is 5.91 Å². The Balaban J connectivity index is 1.41. The second kappa shape index (κ2) is 9.74. The summed E-state index contributed by atoms with van der Waals surface area (Å²) >= 11 is 0. The van der Waals surface area contributed by atoms with Gasteiger partial charge in [-0.1, -0.05) is 50.2 Å². The molecule has 1 heterocycles. The summed E-state index contributed by atoms with van der Waals surface area (Å²) < 4.78 is 11.7. The molecule has 0 unspecified atom stereocenters. The third-order valence-electron chi connectivity index (χ3n) is 5.35. The molecule has 1 aliphatic rings. The Bertz CT molecular complexity index is 765. The average molecular weight is 382 g/mol. The monoisotopic (exact) mass is 381 g/mol. The number of benzene rings is 2. The minimum atomic E-state index is 0.0482. The topological polar surface area (TPSA) is 38.8 Å². The largest absolute Gasteiger partial charge is 0.484 e. The molecule has 2 aromatic carbocycles. The van der Waals surface area contributed by atoms with Crippen LogP contribution in [0.2, 0.25) is 0 Å². The van der Waals surface area contributed by atoms with Crippen molar-refractivity contribution in [2.75, 3.05) is 19.7 Å². The van der Waals surface area contributed by atoms with Crippen LogP contribution in [0, 0.1) is 6.92 Å². The van der Waals surface area contributed by atoms with Gasteiger partial charge >= 0.3 is 0 Å². The highest BCUT2D eigenvalue weighted by Crippen LogP contribution is 2.23. The summed E-state index contributed by atoms with van der Waals surface area (Å²) in [6.07, 6.45) is 1.97. The van der Waals surface area contributed by atoms with E-state index in [2.05, 4.69) is 39.0 Å². The molecule has 0 aliphatic carbocycles. The molecule has 1 aliphatic heterocycles. The normalized spacial score (nSPS) is 15.1. The molecule has 0 radical (unpaired) electrons. The SMILES string of the molecule is Cc1cc(OCC(=O)N2CCC(OCc3ccccc3)CC2)ccc1C(C)C. The van der Waals surface area contributed by atoms with E-state index in [-0.39, 0.29) is 18.6 Å². The number of ether oxygens (including phenoxy) is 2. The second-order valence-electron chi connectivity index (χ2n) is 7.84. The molecule has 1 fully saturated rings. The number of rotatable bonds is 7. The number of carbonyl (C=O) groups is 1. The minimum absolute atomic E-state index is 0.0482. The molecule has 4 heteroatoms. The number of carbonyl (C=O) groups excluding carboxylic acids is 1. The fraction of sp³-hybridized carbons (Fsp3) is 0.458. The van der Waals surface area contributed by atoms with E-state index in [0.29, 0.717) is 12.5 Å². The number of piperidine rings is 1. The molecule has 4 nitrogen and oxygen atoms in total. The van der Waals surface area contributed by atoms with Crippen LogP contribution in [0.15, 0.2) is 48.5 Å². The fourth-order valence-electron chi connectivity index (χ4n) is 3.68. The summed E-state index contributed by atoms with van der Waals surface area (Å²) in [4.78, 5) is 14.4. The Morgan fingerprint density at radius 1 is 1.11 bits per heavy atom. The van der Waals surface area contributed by atoms with E-state index in [0.717, 1.165) is 31.7 Å². The maximum atomic E-state index is 12.5. The number of nitrogens with zero attached hydrogens (tertiary/aromatic N) is 1. The van der Waals surface area contributed by atoms with Gasteiger partial charge in [0.25, 0.3) is 5.91 Å². The van der Waals surface area contributed by atoms with Gasteiger partial charge in [-0.2, -0.15) is 0 Å². The smallest absolute Gasteiger partial charge is 0.260 e. The summed E-state index contributed by atoms with van der Waals surface area (Å²) in [6, 6.07) is 16.3. The molecule has 1 amide bonds. The van der Waals surface area contributed by atoms with Gasteiger partial charge in [-0.15, -0.1) is 0 Å². The molecule has 0 N–H and O–H groups in total. The quantitative estimate of drug-likeness (QED) is 0.697. The van der Waals surface area contributed by atoms with Crippen molar-refractivity contribution in [1.82, 2.24) is 4.90 Å². The lowest BCUT2D eigenvalue weighted by atomic mass is 9.98. The second-order valence-corrected chi connectivity index (χ2v) is 7.84. The predicted molar refractivity (Wildman–Crippen MR) is 112 cm³/mol. The van der Waals surface area contributed by atoms with Crippen molar-refractivity contribution in [3.05, 3.63) is 65.2 Å². The van der Waals surface area contributed by atoms with Crippen LogP contribution in [0.3, 0.4) is 0 Å². The summed E-state index contributed by atoms with van der Waals surface area (Å²) in [7, 11) is 0. The van der Waals surface area contributed by atoms with Gasteiger partial charge in [0.05, 0.1) is 12.7 Å². The Morgan fingerprint density at radius 2 is 1.82 bits per heavy atom. The zero-order chi connectivity index (χ0) is 19.9. The van der Waals surface area contributed by atoms with Gasteiger partial charge in [-0.3, -0.25) is 4.79 Å². The highest BCUT2D eigenvalue weighted by molar-refractivity contribution is 5.77. The lowest BCUT2D eigenvalue weighted by Crippen LogP contribution is -2.42. The van der Waals surface area contributed by atoms with E-state index in [1.54, 1.807) is 0 Å². The number of likely N-dealkylation sites (tertiary alicyclic amines) is 1. The molecular weight excluding hydrogens is 350 g/mol. The molecule has 0 atom stereocenters. The summed E-state index contributed by atoms with van der Waals surface area (Å²) in [5, 5.41) is 0. The molecule has 150 valence electrons. The Labute approximate surface area is 168 Å². The zero-order valence-corrected chi connectivity index (χ0v) is 17.2. The Morgan fingerprint density at radius 3 is 2.46 bits per heavy atom. The van der Waals surface area contributed by atoms with Crippen LogP contribution >= 0.6 is 0 Å². The van der Waals surface area contributed by atoms with Gasteiger partial charge in [0.2, 0.25) is 0 Å². The third-order valence-corrected chi connectivity index (χ3v) is 5.35. The molecular formula is C24H31NO3. The van der Waals surface area contributed by atoms with E-state index in [4.69, 9.17) is 9.47 Å². The van der Waals surface area contributed by atoms with Crippen molar-refractivity contribution in [2.24, 2.45) is 0 Å². The van der Waals surface area contributed by atoms with Crippen LogP contribution in [-0.2, 0) is 16.1 Å². The van der Waals surface area contributed by atoms with Crippen molar-refractivity contribution in [3.8, 4) is 5.75 Å². The zero-order valence-electron chi connectivity index (χ0n) is 17.2. The number of hydrogen-bond donors (Lipinski definition) is 0. The van der Waals surface area contributed by atoms with Gasteiger partial charge in [0.1, 0.15) is 5.75 Å². The lowest BCUT2D eigenvalue weighted by Gasteiger charge is -2.32. The standard InChI is InChI=1S/C24H31NO3/c1-18(2)23-10-9-22(15-19(23)3)28-17-24(26)25-13-11-21(12-14-25)27-16-20-7-5-4-6-8-20/h4-10,15,18,21H,11-14,16-17H2,1-3H3. The molecule has 0 spiro atoms. The van der Waals surface area contributed by atoms with Crippen LogP contribution in [0.25, 0.3) is 0 Å². The van der Waals surface area contributed by atoms with Crippen molar-refractivity contribution in [1.29, 1.82) is 0 Å². The highest BCUT2D eigenvalue weighted by atomic mass is 16.5. The number of amides is 1. The van der Waals surface area contributed by atoms with Crippen molar-refractivity contribution in [2.45, 2.75) is 52.2 Å².